The first-order chi connectivity index (χ1) is 11.3. The average Bonchev–Trinajstić information content (AvgIpc) is 2.90. The molecule has 3 rings (SSSR count). The van der Waals surface area contributed by atoms with Crippen LogP contribution in [0.15, 0.2) is 34.7 Å². The monoisotopic (exact) mass is 330 g/mol. The largest absolute Gasteiger partial charge is 0.455 e. The number of nitrogens with zero attached hydrogens (tertiary/aromatic N) is 1. The molecule has 128 valence electrons. The van der Waals surface area contributed by atoms with E-state index in [4.69, 9.17) is 10.2 Å². The molecule has 4 nitrogen and oxygen atoms in total. The van der Waals surface area contributed by atoms with E-state index >= 15 is 0 Å². The second kappa shape index (κ2) is 6.06. The Kier molecular flexibility index (Phi) is 4.22. The number of likely N-dealkylation sites (tertiary alicyclic amines) is 1. The standard InChI is InChI=1S/C19H23FN2O2/c1-19(2,3)17-13(10-16(24-17)18(21)23)11-22-9-8-15(22)12-4-6-14(20)7-5-12/h4-7,10,15H,8-9,11H2,1-3H3,(H2,21,23)/t15-/m1/s1. The molecule has 1 aliphatic heterocycles. The number of amides is 1. The number of primary amides is 1. The molecule has 24 heavy (non-hydrogen) atoms. The molecule has 0 unspecified atom stereocenters. The topological polar surface area (TPSA) is 59.5 Å². The average molecular weight is 330 g/mol. The second-order valence-electron chi connectivity index (χ2n) is 7.41. The van der Waals surface area contributed by atoms with Crippen LogP contribution >= 0.6 is 0 Å². The lowest BCUT2D eigenvalue weighted by Crippen LogP contribution is -2.40. The molecule has 1 aromatic carbocycles. The van der Waals surface area contributed by atoms with Crippen molar-refractivity contribution in [2.45, 2.75) is 45.2 Å². The van der Waals surface area contributed by atoms with Crippen LogP contribution in [0.1, 0.15) is 60.7 Å². The molecule has 1 aliphatic rings. The molecular weight excluding hydrogens is 307 g/mol. The highest BCUT2D eigenvalue weighted by Crippen LogP contribution is 2.37. The smallest absolute Gasteiger partial charge is 0.284 e. The molecule has 2 aromatic rings. The zero-order chi connectivity index (χ0) is 17.5. The normalized spacial score (nSPS) is 18.4. The SMILES string of the molecule is CC(C)(C)c1oc(C(N)=O)cc1CN1CC[C@@H]1c1ccc(F)cc1. The van der Waals surface area contributed by atoms with Crippen molar-refractivity contribution in [3.8, 4) is 0 Å². The third-order valence-electron chi connectivity index (χ3n) is 4.49. The van der Waals surface area contributed by atoms with Crippen molar-refractivity contribution in [2.75, 3.05) is 6.54 Å². The molecule has 1 fully saturated rings. The molecule has 2 heterocycles. The van der Waals surface area contributed by atoms with Gasteiger partial charge in [-0.1, -0.05) is 32.9 Å². The summed E-state index contributed by atoms with van der Waals surface area (Å²) in [5.41, 5.74) is 7.26. The number of hydrogen-bond donors (Lipinski definition) is 1. The zero-order valence-electron chi connectivity index (χ0n) is 14.3. The van der Waals surface area contributed by atoms with E-state index in [1.54, 1.807) is 6.07 Å². The molecule has 0 spiro atoms. The lowest BCUT2D eigenvalue weighted by Gasteiger charge is -2.41. The Labute approximate surface area is 141 Å². The Balaban J connectivity index is 1.83. The fourth-order valence-electron chi connectivity index (χ4n) is 3.21. The number of halogens is 1. The van der Waals surface area contributed by atoms with Gasteiger partial charge in [0.25, 0.3) is 5.91 Å². The van der Waals surface area contributed by atoms with E-state index in [9.17, 15) is 9.18 Å². The summed E-state index contributed by atoms with van der Waals surface area (Å²) in [6.07, 6.45) is 1.04. The summed E-state index contributed by atoms with van der Waals surface area (Å²) in [5.74, 6) is 0.223. The summed E-state index contributed by atoms with van der Waals surface area (Å²) in [4.78, 5) is 13.8. The van der Waals surface area contributed by atoms with Crippen LogP contribution in [-0.4, -0.2) is 17.4 Å². The van der Waals surface area contributed by atoms with Crippen molar-refractivity contribution < 1.29 is 13.6 Å². The van der Waals surface area contributed by atoms with Gasteiger partial charge in [-0.3, -0.25) is 9.69 Å². The third kappa shape index (κ3) is 3.22. The van der Waals surface area contributed by atoms with Gasteiger partial charge in [-0.05, 0) is 30.2 Å². The molecule has 0 aliphatic carbocycles. The molecule has 1 atom stereocenters. The number of carbonyl (C=O) groups excluding carboxylic acids is 1. The summed E-state index contributed by atoms with van der Waals surface area (Å²) < 4.78 is 18.8. The highest BCUT2D eigenvalue weighted by Gasteiger charge is 2.32. The highest BCUT2D eigenvalue weighted by molar-refractivity contribution is 5.90. The molecule has 1 aromatic heterocycles. The van der Waals surface area contributed by atoms with Crippen molar-refractivity contribution in [1.29, 1.82) is 0 Å². The predicted molar refractivity (Wildman–Crippen MR) is 90.1 cm³/mol. The van der Waals surface area contributed by atoms with E-state index < -0.39 is 5.91 Å². The van der Waals surface area contributed by atoms with E-state index in [0.717, 1.165) is 29.9 Å². The van der Waals surface area contributed by atoms with Gasteiger partial charge >= 0.3 is 0 Å². The maximum Gasteiger partial charge on any atom is 0.284 e. The first-order valence-electron chi connectivity index (χ1n) is 8.18. The van der Waals surface area contributed by atoms with Gasteiger partial charge < -0.3 is 10.2 Å². The van der Waals surface area contributed by atoms with E-state index in [2.05, 4.69) is 4.90 Å². The van der Waals surface area contributed by atoms with E-state index in [1.807, 2.05) is 32.9 Å². The van der Waals surface area contributed by atoms with Gasteiger partial charge in [0.2, 0.25) is 0 Å². The minimum Gasteiger partial charge on any atom is -0.455 e. The van der Waals surface area contributed by atoms with Crippen LogP contribution in [0.25, 0.3) is 0 Å². The van der Waals surface area contributed by atoms with E-state index in [0.29, 0.717) is 6.54 Å². The molecule has 0 radical (unpaired) electrons. The summed E-state index contributed by atoms with van der Waals surface area (Å²) >= 11 is 0. The predicted octanol–water partition coefficient (Wildman–Crippen LogP) is 3.76. The maximum atomic E-state index is 13.1. The summed E-state index contributed by atoms with van der Waals surface area (Å²) in [6.45, 7) is 7.79. The van der Waals surface area contributed by atoms with Gasteiger partial charge in [0.15, 0.2) is 5.76 Å². The molecule has 1 saturated heterocycles. The van der Waals surface area contributed by atoms with Crippen molar-refractivity contribution in [3.63, 3.8) is 0 Å². The van der Waals surface area contributed by atoms with Crippen LogP contribution in [-0.2, 0) is 12.0 Å². The Morgan fingerprint density at radius 3 is 2.50 bits per heavy atom. The Morgan fingerprint density at radius 2 is 2.00 bits per heavy atom. The van der Waals surface area contributed by atoms with Gasteiger partial charge in [-0.15, -0.1) is 0 Å². The number of benzene rings is 1. The number of nitrogens with two attached hydrogens (primary N) is 1. The number of rotatable bonds is 4. The van der Waals surface area contributed by atoms with Crippen molar-refractivity contribution in [2.24, 2.45) is 5.73 Å². The minimum absolute atomic E-state index is 0.203. The van der Waals surface area contributed by atoms with Crippen molar-refractivity contribution in [3.05, 3.63) is 58.8 Å². The van der Waals surface area contributed by atoms with Crippen LogP contribution < -0.4 is 5.73 Å². The van der Waals surface area contributed by atoms with Gasteiger partial charge in [-0.25, -0.2) is 4.39 Å². The van der Waals surface area contributed by atoms with Crippen molar-refractivity contribution >= 4 is 5.91 Å². The Morgan fingerprint density at radius 1 is 1.33 bits per heavy atom. The van der Waals surface area contributed by atoms with Crippen LogP contribution in [0.3, 0.4) is 0 Å². The number of carbonyl (C=O) groups is 1. The van der Waals surface area contributed by atoms with Crippen LogP contribution in [0.2, 0.25) is 0 Å². The van der Waals surface area contributed by atoms with Gasteiger partial charge in [0, 0.05) is 30.1 Å². The second-order valence-corrected chi connectivity index (χ2v) is 7.41. The van der Waals surface area contributed by atoms with Gasteiger partial charge in [0.1, 0.15) is 11.6 Å². The summed E-state index contributed by atoms with van der Waals surface area (Å²) in [6, 6.07) is 8.68. The first kappa shape index (κ1) is 16.7. The molecule has 2 N–H and O–H groups in total. The molecular formula is C19H23FN2O2. The van der Waals surface area contributed by atoms with Crippen molar-refractivity contribution in [1.82, 2.24) is 4.90 Å². The molecule has 1 amide bonds. The van der Waals surface area contributed by atoms with Crippen LogP contribution in [0.4, 0.5) is 4.39 Å². The highest BCUT2D eigenvalue weighted by atomic mass is 19.1. The van der Waals surface area contributed by atoms with E-state index in [1.165, 1.54) is 12.1 Å². The fraction of sp³-hybridized carbons (Fsp3) is 0.421. The minimum atomic E-state index is -0.551. The quantitative estimate of drug-likeness (QED) is 0.928. The number of furan rings is 1. The summed E-state index contributed by atoms with van der Waals surface area (Å²) in [7, 11) is 0. The number of hydrogen-bond acceptors (Lipinski definition) is 3. The fourth-order valence-corrected chi connectivity index (χ4v) is 3.21. The summed E-state index contributed by atoms with van der Waals surface area (Å²) in [5, 5.41) is 0. The Bertz CT molecular complexity index is 744. The molecule has 0 bridgehead atoms. The van der Waals surface area contributed by atoms with E-state index in [-0.39, 0.29) is 23.0 Å². The van der Waals surface area contributed by atoms with Gasteiger partial charge in [0.05, 0.1) is 0 Å². The lowest BCUT2D eigenvalue weighted by molar-refractivity contribution is 0.0806. The van der Waals surface area contributed by atoms with Crippen LogP contribution in [0, 0.1) is 5.82 Å². The first-order valence-corrected chi connectivity index (χ1v) is 8.18. The molecule has 0 saturated carbocycles. The zero-order valence-corrected chi connectivity index (χ0v) is 14.3. The lowest BCUT2D eigenvalue weighted by atomic mass is 9.89. The third-order valence-corrected chi connectivity index (χ3v) is 4.49. The van der Waals surface area contributed by atoms with Crippen LogP contribution in [0.5, 0.6) is 0 Å². The molecule has 5 heteroatoms. The maximum absolute atomic E-state index is 13.1. The van der Waals surface area contributed by atoms with Gasteiger partial charge in [-0.2, -0.15) is 0 Å². The Hall–Kier alpha value is -2.14.